The van der Waals surface area contributed by atoms with Gasteiger partial charge in [-0.1, -0.05) is 12.8 Å². The van der Waals surface area contributed by atoms with E-state index in [4.69, 9.17) is 5.73 Å². The van der Waals surface area contributed by atoms with Crippen LogP contribution < -0.4 is 10.6 Å². The molecule has 2 aliphatic heterocycles. The fraction of sp³-hybridized carbons (Fsp3) is 0.667. The molecule has 0 aliphatic carbocycles. The summed E-state index contributed by atoms with van der Waals surface area (Å²) in [6, 6.07) is 4.20. The number of nitrogens with two attached hydrogens (primary N) is 1. The normalized spacial score (nSPS) is 21.0. The first-order valence-electron chi connectivity index (χ1n) is 9.16. The summed E-state index contributed by atoms with van der Waals surface area (Å²) < 4.78 is 0. The number of nitrogens with zero attached hydrogens (tertiary/aromatic N) is 5. The van der Waals surface area contributed by atoms with E-state index >= 15 is 0 Å². The van der Waals surface area contributed by atoms with Gasteiger partial charge in [0.25, 0.3) is 0 Å². The van der Waals surface area contributed by atoms with Gasteiger partial charge >= 0.3 is 0 Å². The molecular formula is C18H30N6. The van der Waals surface area contributed by atoms with Gasteiger partial charge in [0.05, 0.1) is 6.54 Å². The van der Waals surface area contributed by atoms with Gasteiger partial charge in [-0.15, -0.1) is 0 Å². The minimum absolute atomic E-state index is 0.631. The monoisotopic (exact) mass is 330 g/mol. The number of likely N-dealkylation sites (tertiary alicyclic amines) is 1. The average molecular weight is 330 g/mol. The first kappa shape index (κ1) is 17.0. The Hall–Kier alpha value is -1.82. The molecule has 0 atom stereocenters. The Labute approximate surface area is 145 Å². The fourth-order valence-electron chi connectivity index (χ4n) is 3.34. The molecule has 2 N–H and O–H groups in total. The van der Waals surface area contributed by atoms with Gasteiger partial charge in [-0.3, -0.25) is 0 Å². The Balaban J connectivity index is 1.60. The smallest absolute Gasteiger partial charge is 0.191 e. The van der Waals surface area contributed by atoms with E-state index < -0.39 is 0 Å². The van der Waals surface area contributed by atoms with E-state index in [0.29, 0.717) is 12.5 Å². The van der Waals surface area contributed by atoms with E-state index in [1.807, 2.05) is 12.3 Å². The number of aromatic nitrogens is 1. The highest BCUT2D eigenvalue weighted by Gasteiger charge is 2.15. The van der Waals surface area contributed by atoms with Crippen LogP contribution in [0.3, 0.4) is 0 Å². The molecule has 6 nitrogen and oxygen atoms in total. The van der Waals surface area contributed by atoms with Crippen molar-refractivity contribution in [2.45, 2.75) is 32.2 Å². The molecule has 24 heavy (non-hydrogen) atoms. The Bertz CT molecular complexity index is 542. The van der Waals surface area contributed by atoms with E-state index in [9.17, 15) is 0 Å². The molecule has 3 rings (SSSR count). The molecule has 2 saturated heterocycles. The molecule has 3 heterocycles. The molecule has 0 bridgehead atoms. The van der Waals surface area contributed by atoms with Crippen LogP contribution in [-0.4, -0.2) is 67.1 Å². The van der Waals surface area contributed by atoms with E-state index in [0.717, 1.165) is 45.1 Å². The first-order chi connectivity index (χ1) is 11.7. The maximum absolute atomic E-state index is 6.21. The van der Waals surface area contributed by atoms with Gasteiger partial charge < -0.3 is 20.4 Å². The van der Waals surface area contributed by atoms with Crippen molar-refractivity contribution in [2.24, 2.45) is 10.7 Å². The maximum atomic E-state index is 6.21. The van der Waals surface area contributed by atoms with Crippen molar-refractivity contribution in [3.63, 3.8) is 0 Å². The lowest BCUT2D eigenvalue weighted by atomic mass is 10.2. The van der Waals surface area contributed by atoms with E-state index in [2.05, 4.69) is 37.8 Å². The zero-order chi connectivity index (χ0) is 16.8. The molecule has 0 saturated carbocycles. The summed E-state index contributed by atoms with van der Waals surface area (Å²) in [5, 5.41) is 0. The number of aliphatic imine (C=N–C) groups is 1. The average Bonchev–Trinajstić information content (AvgIpc) is 2.90. The highest BCUT2D eigenvalue weighted by Crippen LogP contribution is 2.16. The number of hydrogen-bond donors (Lipinski definition) is 1. The Kier molecular flexibility index (Phi) is 5.91. The number of piperazine rings is 1. The van der Waals surface area contributed by atoms with Gasteiger partial charge in [0.2, 0.25) is 0 Å². The lowest BCUT2D eigenvalue weighted by molar-refractivity contribution is 0.312. The van der Waals surface area contributed by atoms with Gasteiger partial charge in [0.15, 0.2) is 5.96 Å². The van der Waals surface area contributed by atoms with E-state index in [1.165, 1.54) is 31.2 Å². The summed E-state index contributed by atoms with van der Waals surface area (Å²) in [7, 11) is 2.17. The lowest BCUT2D eigenvalue weighted by Crippen LogP contribution is -2.44. The quantitative estimate of drug-likeness (QED) is 0.673. The second kappa shape index (κ2) is 8.33. The zero-order valence-corrected chi connectivity index (χ0v) is 14.8. The Morgan fingerprint density at radius 3 is 2.50 bits per heavy atom. The Morgan fingerprint density at radius 2 is 1.79 bits per heavy atom. The largest absolute Gasteiger partial charge is 0.370 e. The second-order valence-electron chi connectivity index (χ2n) is 6.89. The van der Waals surface area contributed by atoms with Crippen LogP contribution in [0.4, 0.5) is 5.82 Å². The minimum Gasteiger partial charge on any atom is -0.370 e. The standard InChI is InChI=1S/C18H30N6/c1-22-10-12-23(13-11-22)17-14-16(6-7-20-17)15-21-18(19)24-8-4-2-3-5-9-24/h6-7,14H,2-5,8-13,15H2,1H3,(H2,19,21). The lowest BCUT2D eigenvalue weighted by Gasteiger charge is -2.33. The fourth-order valence-corrected chi connectivity index (χ4v) is 3.34. The van der Waals surface area contributed by atoms with Crippen LogP contribution in [0.25, 0.3) is 0 Å². The van der Waals surface area contributed by atoms with Crippen LogP contribution in [0.15, 0.2) is 23.3 Å². The number of rotatable bonds is 3. The molecule has 0 radical (unpaired) electrons. The first-order valence-corrected chi connectivity index (χ1v) is 9.16. The molecule has 0 amide bonds. The summed E-state index contributed by atoms with van der Waals surface area (Å²) in [5.74, 6) is 1.75. The summed E-state index contributed by atoms with van der Waals surface area (Å²) in [4.78, 5) is 16.1. The maximum Gasteiger partial charge on any atom is 0.191 e. The van der Waals surface area contributed by atoms with Crippen molar-refractivity contribution >= 4 is 11.8 Å². The highest BCUT2D eigenvalue weighted by atomic mass is 15.3. The molecule has 1 aromatic heterocycles. The molecule has 2 fully saturated rings. The van der Waals surface area contributed by atoms with Crippen LogP contribution in [0, 0.1) is 0 Å². The molecule has 132 valence electrons. The van der Waals surface area contributed by atoms with Crippen molar-refractivity contribution in [1.82, 2.24) is 14.8 Å². The second-order valence-corrected chi connectivity index (χ2v) is 6.89. The predicted octanol–water partition coefficient (Wildman–Crippen LogP) is 1.52. The van der Waals surface area contributed by atoms with Crippen LogP contribution >= 0.6 is 0 Å². The van der Waals surface area contributed by atoms with Crippen LogP contribution in [0.5, 0.6) is 0 Å². The van der Waals surface area contributed by atoms with Crippen molar-refractivity contribution in [2.75, 3.05) is 51.2 Å². The van der Waals surface area contributed by atoms with Crippen molar-refractivity contribution < 1.29 is 0 Å². The molecule has 2 aliphatic rings. The third-order valence-corrected chi connectivity index (χ3v) is 4.99. The van der Waals surface area contributed by atoms with Gasteiger partial charge in [-0.05, 0) is 37.6 Å². The summed E-state index contributed by atoms with van der Waals surface area (Å²) in [6.07, 6.45) is 6.95. The molecule has 1 aromatic rings. The zero-order valence-electron chi connectivity index (χ0n) is 14.8. The highest BCUT2D eigenvalue weighted by molar-refractivity contribution is 5.78. The molecule has 0 spiro atoms. The van der Waals surface area contributed by atoms with Gasteiger partial charge in [0.1, 0.15) is 5.82 Å². The third kappa shape index (κ3) is 4.60. The molecule has 0 aromatic carbocycles. The number of guanidine groups is 1. The predicted molar refractivity (Wildman–Crippen MR) is 99.3 cm³/mol. The summed E-state index contributed by atoms with van der Waals surface area (Å²) in [6.45, 7) is 6.96. The molecular weight excluding hydrogens is 300 g/mol. The Morgan fingerprint density at radius 1 is 1.08 bits per heavy atom. The minimum atomic E-state index is 0.631. The summed E-state index contributed by atoms with van der Waals surface area (Å²) in [5.41, 5.74) is 7.38. The third-order valence-electron chi connectivity index (χ3n) is 4.99. The van der Waals surface area contributed by atoms with Crippen LogP contribution in [0.2, 0.25) is 0 Å². The number of hydrogen-bond acceptors (Lipinski definition) is 4. The number of pyridine rings is 1. The molecule has 0 unspecified atom stereocenters. The van der Waals surface area contributed by atoms with Crippen LogP contribution in [0.1, 0.15) is 31.2 Å². The topological polar surface area (TPSA) is 61.0 Å². The van der Waals surface area contributed by atoms with Crippen molar-refractivity contribution in [1.29, 1.82) is 0 Å². The number of likely N-dealkylation sites (N-methyl/N-ethyl adjacent to an activating group) is 1. The van der Waals surface area contributed by atoms with Gasteiger partial charge in [-0.2, -0.15) is 0 Å². The number of anilines is 1. The van der Waals surface area contributed by atoms with Crippen molar-refractivity contribution in [3.05, 3.63) is 23.9 Å². The molecule has 6 heteroatoms. The van der Waals surface area contributed by atoms with Gasteiger partial charge in [-0.25, -0.2) is 9.98 Å². The SMILES string of the molecule is CN1CCN(c2cc(CN=C(N)N3CCCCCC3)ccn2)CC1. The van der Waals surface area contributed by atoms with Gasteiger partial charge in [0, 0.05) is 45.5 Å². The summed E-state index contributed by atoms with van der Waals surface area (Å²) >= 11 is 0. The van der Waals surface area contributed by atoms with Crippen LogP contribution in [-0.2, 0) is 6.54 Å². The van der Waals surface area contributed by atoms with E-state index in [-0.39, 0.29) is 0 Å². The van der Waals surface area contributed by atoms with Crippen molar-refractivity contribution in [3.8, 4) is 0 Å². The van der Waals surface area contributed by atoms with E-state index in [1.54, 1.807) is 0 Å².